The molecule has 0 bridgehead atoms. The molecule has 552 valence electrons. The van der Waals surface area contributed by atoms with Crippen LogP contribution in [0.2, 0.25) is 0 Å². The summed E-state index contributed by atoms with van der Waals surface area (Å²) in [4.78, 5) is 27.2. The Morgan fingerprint density at radius 3 is 1.12 bits per heavy atom. The summed E-state index contributed by atoms with van der Waals surface area (Å²) in [5.41, 5.74) is 17.2. The summed E-state index contributed by atoms with van der Waals surface area (Å²) in [5.74, 6) is 1.07. The van der Waals surface area contributed by atoms with Crippen LogP contribution in [0.15, 0.2) is 134 Å². The molecule has 56 heteroatoms. The van der Waals surface area contributed by atoms with Gasteiger partial charge in [-0.15, -0.1) is 187 Å². The molecule has 0 radical (unpaired) electrons. The summed E-state index contributed by atoms with van der Waals surface area (Å²) >= 11 is 0. The Kier molecular flexibility index (Phi) is 46.0. The first kappa shape index (κ1) is 98.8. The van der Waals surface area contributed by atoms with E-state index in [1.165, 1.54) is 0 Å². The van der Waals surface area contributed by atoms with Gasteiger partial charge in [0.2, 0.25) is 0 Å². The number of nitrogens with two attached hydrogens (primary N) is 1. The van der Waals surface area contributed by atoms with Gasteiger partial charge in [-0.2, -0.15) is 10.2 Å². The molecule has 24 unspecified atom stereocenters. The quantitative estimate of drug-likeness (QED) is 0.0131. The van der Waals surface area contributed by atoms with Crippen LogP contribution in [0, 0.1) is 12.0 Å². The standard InChI is InChI=1S/C23H19N7O.C23H16N6O.CH4.H43P41/c1-30-20(23-27-17-9-8-15(22(24)25)11-18(17)28-23)21(31)19(29-30)14-6-4-13(5-7-14)16-3-2-10-26-12-16;1-24-17-9-10-18-19(12-17)27-23(26-18)21-22(30)20(28-29(21)2)15-7-5-14(6-8-15)16-4-3-11-25-13-16;;1-22-33(23(2)3)38(32(20)21)41(39(34(24(4)5)25(6)7)35(26(8)9)27(10)11)40(36(28(12)13)29(14)15)37(30(16)17)31(18)19/h2-12,31H,1H3,(H3,24,25)(H,27,28);3-13,30H,2H3,(H,26,27);1H4;22H,1-21H2. The van der Waals surface area contributed by atoms with E-state index in [9.17, 15) is 10.2 Å². The molecule has 15 nitrogen and oxygen atoms in total. The summed E-state index contributed by atoms with van der Waals surface area (Å²) in [6.45, 7) is 5.53. The fourth-order valence-electron chi connectivity index (χ4n) is 9.46. The molecule has 24 atom stereocenters. The first-order valence-corrected chi connectivity index (χ1v) is 102. The highest BCUT2D eigenvalue weighted by Gasteiger charge is 2.56. The molecule has 103 heavy (non-hydrogen) atoms. The average Bonchev–Trinajstić information content (AvgIpc) is 1.33. The fraction of sp³-hybridized carbons (Fsp3) is 0.0638. The third-order valence-electron chi connectivity index (χ3n) is 13.7. The smallest absolute Gasteiger partial charge is 0.189 e. The lowest BCUT2D eigenvalue weighted by Gasteiger charge is -2.56. The maximum Gasteiger partial charge on any atom is 0.189 e. The van der Waals surface area contributed by atoms with E-state index < -0.39 is 0 Å². The van der Waals surface area contributed by atoms with Gasteiger partial charge in [-0.05, 0) is 197 Å². The average molecular weight is 2130 g/mol. The number of imidazole rings is 2. The Bertz CT molecular complexity index is 4320. The van der Waals surface area contributed by atoms with E-state index in [0.717, 1.165) is 57.9 Å². The zero-order valence-electron chi connectivity index (χ0n) is 53.8. The maximum atomic E-state index is 11.0. The van der Waals surface area contributed by atoms with Crippen molar-refractivity contribution in [2.45, 2.75) is 7.43 Å². The summed E-state index contributed by atoms with van der Waals surface area (Å²) < 4.78 is 3.20. The van der Waals surface area contributed by atoms with E-state index >= 15 is 0 Å². The molecule has 4 aromatic carbocycles. The number of amidine groups is 1. The van der Waals surface area contributed by atoms with Crippen molar-refractivity contribution in [3.8, 4) is 79.3 Å². The molecule has 0 aliphatic rings. The zero-order chi connectivity index (χ0) is 74.9. The van der Waals surface area contributed by atoms with Crippen LogP contribution in [-0.2, 0) is 14.1 Å². The number of aromatic amines is 2. The lowest BCUT2D eigenvalue weighted by Crippen LogP contribution is -2.10. The molecule has 0 saturated heterocycles. The first-order chi connectivity index (χ1) is 48.3. The van der Waals surface area contributed by atoms with Crippen molar-refractivity contribution in [1.29, 1.82) is 5.41 Å². The van der Waals surface area contributed by atoms with Gasteiger partial charge in [0, 0.05) is 55.6 Å². The number of benzene rings is 4. The number of nitrogen functional groups attached to an aromatic ring is 1. The van der Waals surface area contributed by atoms with E-state index in [1.54, 1.807) is 72.3 Å². The second kappa shape index (κ2) is 48.0. The highest BCUT2D eigenvalue weighted by Crippen LogP contribution is 3.43. The van der Waals surface area contributed by atoms with Crippen LogP contribution >= 0.6 is 328 Å². The number of hydrogen-bond donors (Lipinski definition) is 6. The third-order valence-corrected chi connectivity index (χ3v) is 292. The minimum atomic E-state index is -0.138. The number of nitrogens with zero attached hydrogens (tertiary/aromatic N) is 9. The van der Waals surface area contributed by atoms with E-state index in [2.05, 4.69) is 232 Å². The van der Waals surface area contributed by atoms with E-state index in [1.807, 2.05) is 85.2 Å². The van der Waals surface area contributed by atoms with Crippen molar-refractivity contribution in [3.05, 3.63) is 151 Å². The maximum absolute atomic E-state index is 11.0. The van der Waals surface area contributed by atoms with Crippen LogP contribution in [0.1, 0.15) is 13.0 Å². The summed E-state index contributed by atoms with van der Waals surface area (Å²) in [6, 6.07) is 33.9. The van der Waals surface area contributed by atoms with E-state index in [0.29, 0.717) is 51.2 Å². The van der Waals surface area contributed by atoms with Crippen LogP contribution in [0.5, 0.6) is 11.5 Å². The van der Waals surface area contributed by atoms with Crippen LogP contribution in [0.3, 0.4) is 0 Å². The number of nitrogens with one attached hydrogen (secondary N) is 3. The van der Waals surface area contributed by atoms with Gasteiger partial charge in [-0.3, -0.25) is 24.7 Å². The number of pyridine rings is 2. The SMILES string of the molecule is C.Cn1nc(-c2ccc(-c3cccnc3)cc2)c(O)c1-c1nc2ccc(C(=N)N)cc2[nH]1.PPP(P(P)P)P(P(P)P)P(P(P(P(P)P)P(P)P)P(P(P)P)P(P)P)P(P(P(P)P)P(P)P)P(P(P)P)P(P)P.[C-]#[N+]c1ccc2nc(-c3c(O)c(-c4ccc(-c5cccnc5)cc4)nn3C)[nH]c2c1. The van der Waals surface area contributed by atoms with Crippen LogP contribution < -0.4 is 5.73 Å². The number of rotatable bonds is 26. The predicted molar refractivity (Wildman–Crippen MR) is 585 cm³/mol. The van der Waals surface area contributed by atoms with Gasteiger partial charge >= 0.3 is 0 Å². The minimum absolute atomic E-state index is 0. The summed E-state index contributed by atoms with van der Waals surface area (Å²) in [7, 11) is 76.0. The number of H-pyrrole nitrogens is 2. The molecule has 7 N–H and O–H groups in total. The normalized spacial score (nSPS) is 12.9. The van der Waals surface area contributed by atoms with Crippen molar-refractivity contribution < 1.29 is 10.2 Å². The van der Waals surface area contributed by atoms with Gasteiger partial charge in [-0.1, -0.05) is 82.1 Å². The molecule has 6 heterocycles. The molecule has 0 saturated carbocycles. The number of aromatic nitrogens is 10. The highest BCUT2D eigenvalue weighted by molar-refractivity contribution is 9.49. The minimum Gasteiger partial charge on any atom is -0.504 e. The Balaban J connectivity index is 0.000000218. The lowest BCUT2D eigenvalue weighted by atomic mass is 10.0. The van der Waals surface area contributed by atoms with Crippen molar-refractivity contribution >= 4 is 362 Å². The van der Waals surface area contributed by atoms with Crippen molar-refractivity contribution in [2.75, 3.05) is 0 Å². The van der Waals surface area contributed by atoms with Crippen LogP contribution in [-0.4, -0.2) is 65.5 Å². The second-order valence-electron chi connectivity index (χ2n) is 20.5. The van der Waals surface area contributed by atoms with Gasteiger partial charge in [-0.25, -0.2) is 14.8 Å². The number of aromatic hydroxyl groups is 2. The van der Waals surface area contributed by atoms with Gasteiger partial charge in [0.1, 0.15) is 28.6 Å². The van der Waals surface area contributed by atoms with E-state index in [4.69, 9.17) is 17.7 Å². The third kappa shape index (κ3) is 26.4. The van der Waals surface area contributed by atoms with E-state index in [-0.39, 0.29) is 158 Å². The molecule has 0 spiro atoms. The molecule has 10 aromatic rings. The number of fused-ring (bicyclic) bond motifs is 2. The second-order valence-corrected chi connectivity index (χ2v) is 186. The zero-order valence-corrected chi connectivity index (χ0v) is 96.1. The Morgan fingerprint density at radius 2 is 0.806 bits per heavy atom. The number of hydrogen-bond acceptors (Lipinski definition) is 9. The molecule has 10 rings (SSSR count). The van der Waals surface area contributed by atoms with Crippen LogP contribution in [0.4, 0.5) is 5.69 Å². The molecule has 0 amide bonds. The largest absolute Gasteiger partial charge is 0.504 e. The predicted octanol–water partition coefficient (Wildman–Crippen LogP) is 33.1. The number of aryl methyl sites for hydroxylation is 2. The molecule has 0 aliphatic heterocycles. The van der Waals surface area contributed by atoms with Gasteiger partial charge < -0.3 is 25.9 Å². The van der Waals surface area contributed by atoms with Gasteiger partial charge in [0.05, 0.1) is 28.6 Å². The van der Waals surface area contributed by atoms with Crippen molar-refractivity contribution in [3.63, 3.8) is 0 Å². The summed E-state index contributed by atoms with van der Waals surface area (Å²) in [5, 5.41) is 38.5. The molecular weight excluding hydrogens is 2050 g/mol. The monoisotopic (exact) mass is 2130 g/mol. The topological polar surface area (TPSA) is 213 Å². The van der Waals surface area contributed by atoms with Crippen LogP contribution in [0.25, 0.3) is 94.7 Å². The molecule has 6 aromatic heterocycles. The van der Waals surface area contributed by atoms with Crippen molar-refractivity contribution in [1.82, 2.24) is 49.5 Å². The van der Waals surface area contributed by atoms with Gasteiger partial charge in [0.15, 0.2) is 28.8 Å². The van der Waals surface area contributed by atoms with Gasteiger partial charge in [0.25, 0.3) is 0 Å². The molecule has 0 aliphatic carbocycles. The molecule has 0 fully saturated rings. The summed E-state index contributed by atoms with van der Waals surface area (Å²) in [6.07, 6.45) is 7.10. The Morgan fingerprint density at radius 1 is 0.466 bits per heavy atom. The first-order valence-electron chi connectivity index (χ1n) is 28.2. The van der Waals surface area contributed by atoms with Crippen molar-refractivity contribution in [2.24, 2.45) is 19.8 Å². The Hall–Kier alpha value is 8.73. The lowest BCUT2D eigenvalue weighted by molar-refractivity contribution is 0.477. The Labute approximate surface area is 677 Å². The highest BCUT2D eigenvalue weighted by atomic mass is 33.5. The molecular formula is C47H82N13O2P41. The fourth-order valence-corrected chi connectivity index (χ4v) is 575.